The van der Waals surface area contributed by atoms with E-state index >= 15 is 0 Å². The van der Waals surface area contributed by atoms with E-state index in [1.807, 2.05) is 0 Å². The molecule has 0 aromatic heterocycles. The van der Waals surface area contributed by atoms with Crippen LogP contribution in [0, 0.1) is 5.82 Å². The van der Waals surface area contributed by atoms with Gasteiger partial charge in [-0.1, -0.05) is 12.1 Å². The van der Waals surface area contributed by atoms with Gasteiger partial charge in [-0.3, -0.25) is 9.59 Å². The molecular weight excluding hydrogens is 303 g/mol. The Balaban J connectivity index is 1.89. The monoisotopic (exact) mass is 322 g/mol. The highest BCUT2D eigenvalue weighted by Gasteiger charge is 2.42. The normalized spacial score (nSPS) is 25.6. The van der Waals surface area contributed by atoms with E-state index in [1.165, 1.54) is 17.0 Å². The van der Waals surface area contributed by atoms with Crippen molar-refractivity contribution in [1.29, 1.82) is 0 Å². The summed E-state index contributed by atoms with van der Waals surface area (Å²) < 4.78 is 24.4. The fourth-order valence-electron chi connectivity index (χ4n) is 2.97. The summed E-state index contributed by atoms with van der Waals surface area (Å²) in [6, 6.07) is 5.29. The fraction of sp³-hybridized carbons (Fsp3) is 0.500. The van der Waals surface area contributed by atoms with Gasteiger partial charge in [-0.15, -0.1) is 0 Å². The highest BCUT2D eigenvalue weighted by Crippen LogP contribution is 2.30. The molecule has 2 saturated heterocycles. The Hall–Kier alpha value is -1.99. The van der Waals surface area contributed by atoms with Crippen molar-refractivity contribution in [2.24, 2.45) is 0 Å². The van der Waals surface area contributed by atoms with Crippen LogP contribution in [-0.2, 0) is 19.1 Å². The Morgan fingerprint density at radius 2 is 2.04 bits per heavy atom. The number of likely N-dealkylation sites (N-methyl/N-ethyl adjacent to an activating group) is 1. The van der Waals surface area contributed by atoms with Crippen LogP contribution in [0.3, 0.4) is 0 Å². The lowest BCUT2D eigenvalue weighted by Crippen LogP contribution is -2.55. The number of carbonyl (C=O) groups excluding carboxylic acids is 2. The minimum Gasteiger partial charge on any atom is -0.378 e. The van der Waals surface area contributed by atoms with Crippen molar-refractivity contribution in [2.45, 2.75) is 12.1 Å². The fourth-order valence-corrected chi connectivity index (χ4v) is 2.97. The molecule has 2 aliphatic rings. The van der Waals surface area contributed by atoms with E-state index in [4.69, 9.17) is 9.47 Å². The lowest BCUT2D eigenvalue weighted by Gasteiger charge is -2.40. The summed E-state index contributed by atoms with van der Waals surface area (Å²) in [4.78, 5) is 27.9. The Morgan fingerprint density at radius 3 is 2.74 bits per heavy atom. The lowest BCUT2D eigenvalue weighted by molar-refractivity contribution is -0.169. The van der Waals surface area contributed by atoms with Crippen LogP contribution >= 0.6 is 0 Å². The second-order valence-electron chi connectivity index (χ2n) is 5.67. The minimum absolute atomic E-state index is 0.150. The first-order valence-corrected chi connectivity index (χ1v) is 7.57. The molecule has 0 spiro atoms. The standard InChI is InChI=1S/C16H19FN2O4/c1-18-13(20)10-23-15(16(21)19-5-7-22-8-6-19)14(18)11-3-2-4-12(17)9-11/h2-4,9,14-15H,5-8,10H2,1H3/t14-,15+/m1/s1. The summed E-state index contributed by atoms with van der Waals surface area (Å²) in [5.41, 5.74) is 0.548. The number of hydrogen-bond acceptors (Lipinski definition) is 4. The van der Waals surface area contributed by atoms with Crippen LogP contribution in [0.25, 0.3) is 0 Å². The van der Waals surface area contributed by atoms with Gasteiger partial charge in [-0.2, -0.15) is 0 Å². The van der Waals surface area contributed by atoms with Gasteiger partial charge in [0.15, 0.2) is 6.10 Å². The number of carbonyl (C=O) groups is 2. The Morgan fingerprint density at radius 1 is 1.30 bits per heavy atom. The quantitative estimate of drug-likeness (QED) is 0.799. The van der Waals surface area contributed by atoms with Gasteiger partial charge >= 0.3 is 0 Å². The number of rotatable bonds is 2. The number of hydrogen-bond donors (Lipinski definition) is 0. The first kappa shape index (κ1) is 15.9. The summed E-state index contributed by atoms with van der Waals surface area (Å²) in [7, 11) is 1.61. The largest absolute Gasteiger partial charge is 0.378 e. The van der Waals surface area contributed by atoms with Gasteiger partial charge in [0.05, 0.1) is 19.3 Å². The van der Waals surface area contributed by atoms with E-state index in [0.29, 0.717) is 31.9 Å². The van der Waals surface area contributed by atoms with E-state index < -0.39 is 18.0 Å². The van der Waals surface area contributed by atoms with Crippen LogP contribution in [0.5, 0.6) is 0 Å². The van der Waals surface area contributed by atoms with Crippen LogP contribution in [-0.4, -0.2) is 67.7 Å². The maximum Gasteiger partial charge on any atom is 0.254 e. The first-order chi connectivity index (χ1) is 11.1. The Bertz CT molecular complexity index is 603. The molecule has 7 heteroatoms. The molecule has 0 bridgehead atoms. The summed E-state index contributed by atoms with van der Waals surface area (Å²) in [6.45, 7) is 1.80. The summed E-state index contributed by atoms with van der Waals surface area (Å²) in [5.74, 6) is -0.835. The number of halogens is 1. The third kappa shape index (κ3) is 3.20. The minimum atomic E-state index is -0.836. The van der Waals surface area contributed by atoms with Crippen LogP contribution < -0.4 is 0 Å². The van der Waals surface area contributed by atoms with Crippen molar-refractivity contribution < 1.29 is 23.5 Å². The molecule has 124 valence electrons. The van der Waals surface area contributed by atoms with Crippen molar-refractivity contribution in [3.8, 4) is 0 Å². The summed E-state index contributed by atoms with van der Waals surface area (Å²) >= 11 is 0. The second-order valence-corrected chi connectivity index (χ2v) is 5.67. The Labute approximate surface area is 133 Å². The van der Waals surface area contributed by atoms with Gasteiger partial charge in [0, 0.05) is 20.1 Å². The smallest absolute Gasteiger partial charge is 0.254 e. The zero-order valence-electron chi connectivity index (χ0n) is 12.9. The van der Waals surface area contributed by atoms with Crippen molar-refractivity contribution in [2.75, 3.05) is 40.0 Å². The molecule has 0 unspecified atom stereocenters. The van der Waals surface area contributed by atoms with E-state index in [0.717, 1.165) is 0 Å². The van der Waals surface area contributed by atoms with E-state index in [-0.39, 0.29) is 18.4 Å². The molecule has 2 fully saturated rings. The van der Waals surface area contributed by atoms with Crippen molar-refractivity contribution in [1.82, 2.24) is 9.80 Å². The van der Waals surface area contributed by atoms with Gasteiger partial charge in [0.1, 0.15) is 12.4 Å². The predicted octanol–water partition coefficient (Wildman–Crippen LogP) is 0.583. The first-order valence-electron chi connectivity index (χ1n) is 7.57. The van der Waals surface area contributed by atoms with Crippen molar-refractivity contribution in [3.05, 3.63) is 35.6 Å². The van der Waals surface area contributed by atoms with E-state index in [1.54, 1.807) is 24.1 Å². The zero-order valence-corrected chi connectivity index (χ0v) is 12.9. The molecule has 1 aromatic carbocycles. The van der Waals surface area contributed by atoms with Crippen molar-refractivity contribution in [3.63, 3.8) is 0 Å². The average Bonchev–Trinajstić information content (AvgIpc) is 2.57. The molecule has 6 nitrogen and oxygen atoms in total. The molecular formula is C16H19FN2O4. The van der Waals surface area contributed by atoms with Gasteiger partial charge in [0.25, 0.3) is 5.91 Å². The lowest BCUT2D eigenvalue weighted by atomic mass is 9.97. The molecule has 0 N–H and O–H groups in total. The third-order valence-corrected chi connectivity index (χ3v) is 4.24. The molecule has 3 rings (SSSR count). The molecule has 2 amide bonds. The van der Waals surface area contributed by atoms with E-state index in [9.17, 15) is 14.0 Å². The van der Waals surface area contributed by atoms with Crippen molar-refractivity contribution >= 4 is 11.8 Å². The molecule has 2 aliphatic heterocycles. The number of nitrogens with zero attached hydrogens (tertiary/aromatic N) is 2. The molecule has 1 aromatic rings. The molecule has 0 aliphatic carbocycles. The predicted molar refractivity (Wildman–Crippen MR) is 79.1 cm³/mol. The van der Waals surface area contributed by atoms with Gasteiger partial charge in [-0.05, 0) is 17.7 Å². The molecule has 23 heavy (non-hydrogen) atoms. The topological polar surface area (TPSA) is 59.1 Å². The van der Waals surface area contributed by atoms with Crippen LogP contribution in [0.15, 0.2) is 24.3 Å². The zero-order chi connectivity index (χ0) is 16.4. The SMILES string of the molecule is CN1C(=O)CO[C@H](C(=O)N2CCOCC2)[C@H]1c1cccc(F)c1. The maximum absolute atomic E-state index is 13.6. The average molecular weight is 322 g/mol. The van der Waals surface area contributed by atoms with Gasteiger partial charge < -0.3 is 19.3 Å². The van der Waals surface area contributed by atoms with Crippen LogP contribution in [0.2, 0.25) is 0 Å². The maximum atomic E-state index is 13.6. The van der Waals surface area contributed by atoms with Gasteiger partial charge in [-0.25, -0.2) is 4.39 Å². The highest BCUT2D eigenvalue weighted by molar-refractivity contribution is 5.86. The number of benzene rings is 1. The second kappa shape index (κ2) is 6.64. The number of morpholine rings is 2. The van der Waals surface area contributed by atoms with Crippen LogP contribution in [0.1, 0.15) is 11.6 Å². The van der Waals surface area contributed by atoms with E-state index in [2.05, 4.69) is 0 Å². The summed E-state index contributed by atoms with van der Waals surface area (Å²) in [6.07, 6.45) is -0.836. The molecule has 0 saturated carbocycles. The highest BCUT2D eigenvalue weighted by atomic mass is 19.1. The molecule has 0 radical (unpaired) electrons. The number of amides is 2. The third-order valence-electron chi connectivity index (χ3n) is 4.24. The molecule has 2 heterocycles. The van der Waals surface area contributed by atoms with Crippen LogP contribution in [0.4, 0.5) is 4.39 Å². The van der Waals surface area contributed by atoms with Gasteiger partial charge in [0.2, 0.25) is 5.91 Å². The number of ether oxygens (including phenoxy) is 2. The summed E-state index contributed by atoms with van der Waals surface area (Å²) in [5, 5.41) is 0. The Kier molecular flexibility index (Phi) is 4.58. The molecule has 2 atom stereocenters.